The molecule has 0 amide bonds. The van der Waals surface area contributed by atoms with Gasteiger partial charge in [0, 0.05) is 0 Å². The molecule has 0 aliphatic heterocycles. The molecule has 72 valence electrons. The maximum absolute atomic E-state index is 11.5. The Labute approximate surface area is 130 Å². The topological polar surface area (TPSA) is 58.6 Å². The van der Waals surface area contributed by atoms with Crippen molar-refractivity contribution in [1.82, 2.24) is 0 Å². The second kappa shape index (κ2) is 11.1. The van der Waals surface area contributed by atoms with Crippen molar-refractivity contribution in [2.24, 2.45) is 0 Å². The van der Waals surface area contributed by atoms with Gasteiger partial charge in [0.15, 0.2) is 0 Å². The summed E-state index contributed by atoms with van der Waals surface area (Å²) in [5, 5.41) is 10.5. The monoisotopic (exact) mass is 238 g/mol. The smallest absolute Gasteiger partial charge is 0.899 e. The maximum atomic E-state index is 11.5. The predicted octanol–water partition coefficient (Wildman–Crippen LogP) is -4.70. The average molecular weight is 238 g/mol. The Morgan fingerprint density at radius 1 is 1.36 bits per heavy atom. The van der Waals surface area contributed by atoms with E-state index in [1.165, 1.54) is 0 Å². The Morgan fingerprint density at radius 2 is 1.71 bits per heavy atom. The molecule has 7 heteroatoms. The molecule has 0 saturated heterocycles. The van der Waals surface area contributed by atoms with Gasteiger partial charge in [-0.3, -0.25) is 17.2 Å². The van der Waals surface area contributed by atoms with E-state index in [-0.39, 0.29) is 72.3 Å². The van der Waals surface area contributed by atoms with Crippen LogP contribution in [-0.2, 0) is 13.6 Å². The zero-order valence-corrected chi connectivity index (χ0v) is 14.2. The van der Waals surface area contributed by atoms with Crippen LogP contribution < -0.4 is 64.2 Å². The first-order valence-electron chi connectivity index (χ1n) is 3.64. The number of hydrogen-bond donors (Lipinski definition) is 0. The summed E-state index contributed by atoms with van der Waals surface area (Å²) in [4.78, 5) is 0. The standard InChI is InChI=1S/C7H14O4P.2Na/c1-4-10-12(9,11-5-2)6-7(3)8;;/h6,8H,3-5H2,1-2H3;;/q-1;2*+1/p-1/b7-6-;;. The van der Waals surface area contributed by atoms with E-state index in [1.807, 2.05) is 0 Å². The molecule has 0 fully saturated rings. The van der Waals surface area contributed by atoms with E-state index in [0.717, 1.165) is 5.82 Å². The van der Waals surface area contributed by atoms with Crippen LogP contribution in [0, 0.1) is 6.92 Å². The van der Waals surface area contributed by atoms with Crippen LogP contribution in [0.5, 0.6) is 0 Å². The minimum atomic E-state index is -3.31. The quantitative estimate of drug-likeness (QED) is 0.209. The summed E-state index contributed by atoms with van der Waals surface area (Å²) in [6.07, 6.45) is 0. The van der Waals surface area contributed by atoms with Crippen molar-refractivity contribution in [3.63, 3.8) is 0 Å². The molecule has 0 heterocycles. The molecule has 0 aromatic rings. The van der Waals surface area contributed by atoms with E-state index < -0.39 is 13.4 Å². The molecule has 0 spiro atoms. The molecule has 0 N–H and O–H groups in total. The summed E-state index contributed by atoms with van der Waals surface area (Å²) < 4.78 is 21.1. The van der Waals surface area contributed by atoms with Gasteiger partial charge in [-0.1, -0.05) is 0 Å². The van der Waals surface area contributed by atoms with Crippen LogP contribution in [0.15, 0.2) is 11.6 Å². The van der Waals surface area contributed by atoms with E-state index in [9.17, 15) is 9.67 Å². The van der Waals surface area contributed by atoms with Gasteiger partial charge in [0.25, 0.3) is 7.60 Å². The Bertz CT molecular complexity index is 194. The van der Waals surface area contributed by atoms with E-state index in [0.29, 0.717) is 0 Å². The van der Waals surface area contributed by atoms with Crippen LogP contribution in [0.25, 0.3) is 0 Å². The second-order valence-corrected chi connectivity index (χ2v) is 3.83. The van der Waals surface area contributed by atoms with Gasteiger partial charge in [-0.25, -0.2) is 0 Å². The van der Waals surface area contributed by atoms with Crippen LogP contribution in [-0.4, -0.2) is 13.2 Å². The van der Waals surface area contributed by atoms with Crippen molar-refractivity contribution < 1.29 is 77.8 Å². The fourth-order valence-electron chi connectivity index (χ4n) is 0.648. The van der Waals surface area contributed by atoms with Gasteiger partial charge in [0.05, 0.1) is 13.2 Å². The van der Waals surface area contributed by atoms with E-state index in [1.54, 1.807) is 13.8 Å². The van der Waals surface area contributed by atoms with Crippen LogP contribution in [0.2, 0.25) is 0 Å². The second-order valence-electron chi connectivity index (χ2n) is 1.97. The Balaban J connectivity index is -0.000000605. The fraction of sp³-hybridized carbons (Fsp3) is 0.571. The Kier molecular flexibility index (Phi) is 16.5. The van der Waals surface area contributed by atoms with Crippen LogP contribution in [0.4, 0.5) is 0 Å². The van der Waals surface area contributed by atoms with E-state index in [2.05, 4.69) is 6.92 Å². The molecule has 4 nitrogen and oxygen atoms in total. The molecular weight excluding hydrogens is 225 g/mol. The molecule has 0 radical (unpaired) electrons. The first-order chi connectivity index (χ1) is 5.54. The van der Waals surface area contributed by atoms with Gasteiger partial charge in [-0.05, 0) is 13.8 Å². The van der Waals surface area contributed by atoms with Gasteiger partial charge >= 0.3 is 59.1 Å². The summed E-state index contributed by atoms with van der Waals surface area (Å²) in [5.74, 6) is 0.334. The molecular formula is C7H13Na2O4P. The van der Waals surface area contributed by atoms with E-state index >= 15 is 0 Å². The number of allylic oxidation sites excluding steroid dienone is 1. The van der Waals surface area contributed by atoms with E-state index in [4.69, 9.17) is 9.05 Å². The van der Waals surface area contributed by atoms with Crippen molar-refractivity contribution >= 4 is 7.60 Å². The summed E-state index contributed by atoms with van der Waals surface area (Å²) in [6.45, 7) is 6.88. The van der Waals surface area contributed by atoms with Gasteiger partial charge in [-0.15, -0.1) is 5.82 Å². The third-order valence-corrected chi connectivity index (χ3v) is 2.76. The van der Waals surface area contributed by atoms with Crippen LogP contribution in [0.3, 0.4) is 0 Å². The molecule has 0 aliphatic rings. The normalized spacial score (nSPS) is 11.4. The third kappa shape index (κ3) is 10.1. The first kappa shape index (κ1) is 20.9. The fourth-order valence-corrected chi connectivity index (χ4v) is 1.94. The van der Waals surface area contributed by atoms with Crippen molar-refractivity contribution in [3.05, 3.63) is 18.5 Å². The summed E-state index contributed by atoms with van der Waals surface area (Å²) >= 11 is 0. The molecule has 0 bridgehead atoms. The van der Waals surface area contributed by atoms with Gasteiger partial charge < -0.3 is 14.2 Å². The molecule has 0 saturated carbocycles. The van der Waals surface area contributed by atoms with Crippen molar-refractivity contribution in [3.8, 4) is 0 Å². The molecule has 0 rings (SSSR count). The van der Waals surface area contributed by atoms with Crippen LogP contribution in [0.1, 0.15) is 13.8 Å². The Morgan fingerprint density at radius 3 is 1.93 bits per heavy atom. The summed E-state index contributed by atoms with van der Waals surface area (Å²) in [6, 6.07) is 0. The largest absolute Gasteiger partial charge is 1.00 e. The average Bonchev–Trinajstić information content (AvgIpc) is 1.85. The zero-order valence-electron chi connectivity index (χ0n) is 9.28. The van der Waals surface area contributed by atoms with Crippen molar-refractivity contribution in [1.29, 1.82) is 0 Å². The van der Waals surface area contributed by atoms with Crippen molar-refractivity contribution in [2.75, 3.05) is 13.2 Å². The summed E-state index contributed by atoms with van der Waals surface area (Å²) in [7, 11) is -3.31. The predicted molar refractivity (Wildman–Crippen MR) is 44.3 cm³/mol. The Hall–Kier alpha value is 1.56. The molecule has 0 aromatic carbocycles. The zero-order chi connectivity index (χ0) is 9.61. The SMILES string of the molecule is [CH2-]/C([O-])=C/P(=O)(OCC)OCC.[Na+].[Na+]. The minimum absolute atomic E-state index is 0. The number of rotatable bonds is 5. The maximum Gasteiger partial charge on any atom is 1.00 e. The van der Waals surface area contributed by atoms with Crippen LogP contribution >= 0.6 is 7.60 Å². The molecule has 0 atom stereocenters. The minimum Gasteiger partial charge on any atom is -0.899 e. The molecule has 0 aromatic heterocycles. The van der Waals surface area contributed by atoms with Crippen molar-refractivity contribution in [2.45, 2.75) is 13.8 Å². The summed E-state index contributed by atoms with van der Waals surface area (Å²) in [5.41, 5.74) is 0. The molecule has 14 heavy (non-hydrogen) atoms. The first-order valence-corrected chi connectivity index (χ1v) is 5.26. The molecule has 0 unspecified atom stereocenters. The van der Waals surface area contributed by atoms with Gasteiger partial charge in [0.2, 0.25) is 0 Å². The third-order valence-electron chi connectivity index (χ3n) is 0.920. The number of hydrogen-bond acceptors (Lipinski definition) is 4. The van der Waals surface area contributed by atoms with Gasteiger partial charge in [-0.2, -0.15) is 0 Å². The molecule has 0 aliphatic carbocycles. The van der Waals surface area contributed by atoms with Gasteiger partial charge in [0.1, 0.15) is 0 Å².